The van der Waals surface area contributed by atoms with Crippen LogP contribution in [0.4, 0.5) is 4.39 Å². The molecular formula is C12H18BrFN2O2S. The fraction of sp³-hybridized carbons (Fsp3) is 0.500. The molecule has 0 radical (unpaired) electrons. The second kappa shape index (κ2) is 5.87. The second-order valence-corrected chi connectivity index (χ2v) is 7.49. The molecule has 0 aromatic heterocycles. The Labute approximate surface area is 121 Å². The van der Waals surface area contributed by atoms with Crippen LogP contribution in [0.25, 0.3) is 0 Å². The van der Waals surface area contributed by atoms with Crippen LogP contribution < -0.4 is 10.5 Å². The summed E-state index contributed by atoms with van der Waals surface area (Å²) in [5.41, 5.74) is 4.86. The molecule has 1 atom stereocenters. The maximum atomic E-state index is 13.4. The number of nitrogens with one attached hydrogen (secondary N) is 1. The fourth-order valence-electron chi connectivity index (χ4n) is 1.41. The molecule has 0 saturated heterocycles. The van der Waals surface area contributed by atoms with E-state index in [4.69, 9.17) is 5.73 Å². The molecule has 1 aromatic rings. The van der Waals surface area contributed by atoms with Crippen molar-refractivity contribution < 1.29 is 12.8 Å². The van der Waals surface area contributed by atoms with Crippen LogP contribution in [-0.2, 0) is 10.0 Å². The lowest BCUT2D eigenvalue weighted by Crippen LogP contribution is -2.54. The minimum atomic E-state index is -3.81. The zero-order valence-corrected chi connectivity index (χ0v) is 13.5. The van der Waals surface area contributed by atoms with Crippen molar-refractivity contribution in [1.29, 1.82) is 0 Å². The molecule has 3 N–H and O–H groups in total. The van der Waals surface area contributed by atoms with Crippen LogP contribution in [0.5, 0.6) is 0 Å². The summed E-state index contributed by atoms with van der Waals surface area (Å²) in [6, 6.07) is 3.68. The average Bonchev–Trinajstić information content (AvgIpc) is 2.31. The summed E-state index contributed by atoms with van der Waals surface area (Å²) < 4.78 is 40.6. The van der Waals surface area contributed by atoms with Gasteiger partial charge in [-0.3, -0.25) is 0 Å². The van der Waals surface area contributed by atoms with Gasteiger partial charge in [0.1, 0.15) is 5.82 Å². The van der Waals surface area contributed by atoms with Gasteiger partial charge in [-0.1, -0.05) is 13.8 Å². The van der Waals surface area contributed by atoms with E-state index in [1.807, 2.05) is 13.8 Å². The van der Waals surface area contributed by atoms with Crippen LogP contribution in [0.3, 0.4) is 0 Å². The smallest absolute Gasteiger partial charge is 0.241 e. The minimum Gasteiger partial charge on any atom is -0.329 e. The molecule has 0 fully saturated rings. The first-order chi connectivity index (χ1) is 8.62. The summed E-state index contributed by atoms with van der Waals surface area (Å²) in [5, 5.41) is 0. The van der Waals surface area contributed by atoms with E-state index >= 15 is 0 Å². The lowest BCUT2D eigenvalue weighted by atomic mass is 9.90. The van der Waals surface area contributed by atoms with Crippen LogP contribution in [-0.4, -0.2) is 20.5 Å². The molecule has 0 bridgehead atoms. The Morgan fingerprint density at radius 1 is 1.47 bits per heavy atom. The van der Waals surface area contributed by atoms with Crippen LogP contribution in [0.1, 0.15) is 20.8 Å². The number of rotatable bonds is 5. The van der Waals surface area contributed by atoms with Gasteiger partial charge >= 0.3 is 0 Å². The Hall–Kier alpha value is -0.500. The topological polar surface area (TPSA) is 72.2 Å². The molecule has 1 rings (SSSR count). The van der Waals surface area contributed by atoms with E-state index in [-0.39, 0.29) is 21.8 Å². The number of hydrogen-bond donors (Lipinski definition) is 2. The summed E-state index contributed by atoms with van der Waals surface area (Å²) in [6.07, 6.45) is 0. The highest BCUT2D eigenvalue weighted by Gasteiger charge is 2.32. The maximum absolute atomic E-state index is 13.4. The van der Waals surface area contributed by atoms with Crippen LogP contribution in [0.15, 0.2) is 27.6 Å². The molecule has 108 valence electrons. The van der Waals surface area contributed by atoms with Gasteiger partial charge in [0.25, 0.3) is 0 Å². The lowest BCUT2D eigenvalue weighted by Gasteiger charge is -2.33. The van der Waals surface area contributed by atoms with E-state index in [0.29, 0.717) is 0 Å². The fourth-order valence-corrected chi connectivity index (χ4v) is 3.21. The highest BCUT2D eigenvalue weighted by atomic mass is 79.9. The van der Waals surface area contributed by atoms with Gasteiger partial charge in [0.15, 0.2) is 0 Å². The molecule has 0 heterocycles. The van der Waals surface area contributed by atoms with Crippen molar-refractivity contribution in [3.05, 3.63) is 28.5 Å². The first-order valence-electron chi connectivity index (χ1n) is 5.81. The quantitative estimate of drug-likeness (QED) is 0.853. The van der Waals surface area contributed by atoms with Crippen molar-refractivity contribution in [1.82, 2.24) is 4.72 Å². The van der Waals surface area contributed by atoms with Crippen LogP contribution in [0.2, 0.25) is 0 Å². The average molecular weight is 353 g/mol. The van der Waals surface area contributed by atoms with Gasteiger partial charge in [-0.15, -0.1) is 0 Å². The van der Waals surface area contributed by atoms with Gasteiger partial charge in [-0.2, -0.15) is 0 Å². The summed E-state index contributed by atoms with van der Waals surface area (Å²) in [6.45, 7) is 5.63. The number of halogens is 2. The Morgan fingerprint density at radius 3 is 2.47 bits per heavy atom. The largest absolute Gasteiger partial charge is 0.329 e. The predicted molar refractivity (Wildman–Crippen MR) is 76.7 cm³/mol. The highest BCUT2D eigenvalue weighted by Crippen LogP contribution is 2.22. The molecular weight excluding hydrogens is 335 g/mol. The van der Waals surface area contributed by atoms with E-state index in [1.54, 1.807) is 6.92 Å². The van der Waals surface area contributed by atoms with E-state index in [2.05, 4.69) is 20.7 Å². The van der Waals surface area contributed by atoms with Gasteiger partial charge < -0.3 is 5.73 Å². The predicted octanol–water partition coefficient (Wildman–Crippen LogP) is 2.24. The summed E-state index contributed by atoms with van der Waals surface area (Å²) >= 11 is 2.98. The van der Waals surface area contributed by atoms with Crippen molar-refractivity contribution in [3.63, 3.8) is 0 Å². The minimum absolute atomic E-state index is 0.00701. The number of sulfonamides is 1. The number of nitrogens with two attached hydrogens (primary N) is 1. The Bertz CT molecular complexity index is 563. The standard InChI is InChI=1S/C12H18BrFN2O2S/c1-8(2)12(3,7-15)16-19(17,18)9-4-5-10(13)11(14)6-9/h4-6,8,16H,7,15H2,1-3H3. The second-order valence-electron chi connectivity index (χ2n) is 4.96. The lowest BCUT2D eigenvalue weighted by molar-refractivity contribution is 0.315. The highest BCUT2D eigenvalue weighted by molar-refractivity contribution is 9.10. The monoisotopic (exact) mass is 352 g/mol. The third-order valence-electron chi connectivity index (χ3n) is 3.27. The third kappa shape index (κ3) is 3.75. The molecule has 0 aliphatic heterocycles. The number of hydrogen-bond acceptors (Lipinski definition) is 3. The zero-order valence-electron chi connectivity index (χ0n) is 11.1. The SMILES string of the molecule is CC(C)C(C)(CN)NS(=O)(=O)c1ccc(Br)c(F)c1. The molecule has 1 unspecified atom stereocenters. The van der Waals surface area contributed by atoms with Gasteiger partial charge in [0.2, 0.25) is 10.0 Å². The molecule has 7 heteroatoms. The Kier molecular flexibility index (Phi) is 5.11. The maximum Gasteiger partial charge on any atom is 0.241 e. The van der Waals surface area contributed by atoms with Crippen molar-refractivity contribution in [3.8, 4) is 0 Å². The summed E-state index contributed by atoms with van der Waals surface area (Å²) in [5.74, 6) is -0.616. The van der Waals surface area contributed by atoms with E-state index in [9.17, 15) is 12.8 Å². The van der Waals surface area contributed by atoms with Crippen molar-refractivity contribution in [2.45, 2.75) is 31.2 Å². The van der Waals surface area contributed by atoms with Gasteiger partial charge in [-0.05, 0) is 47.0 Å². The molecule has 19 heavy (non-hydrogen) atoms. The van der Waals surface area contributed by atoms with E-state index < -0.39 is 21.4 Å². The number of benzene rings is 1. The molecule has 4 nitrogen and oxygen atoms in total. The third-order valence-corrected chi connectivity index (χ3v) is 5.52. The van der Waals surface area contributed by atoms with Crippen LogP contribution >= 0.6 is 15.9 Å². The Morgan fingerprint density at radius 2 is 2.05 bits per heavy atom. The van der Waals surface area contributed by atoms with Crippen LogP contribution in [0, 0.1) is 11.7 Å². The van der Waals surface area contributed by atoms with Crippen molar-refractivity contribution in [2.75, 3.05) is 6.54 Å². The normalized spacial score (nSPS) is 15.5. The molecule has 0 spiro atoms. The first kappa shape index (κ1) is 16.6. The molecule has 0 saturated carbocycles. The first-order valence-corrected chi connectivity index (χ1v) is 8.09. The molecule has 0 aliphatic rings. The summed E-state index contributed by atoms with van der Waals surface area (Å²) in [4.78, 5) is -0.117. The van der Waals surface area contributed by atoms with Crippen molar-refractivity contribution >= 4 is 26.0 Å². The van der Waals surface area contributed by atoms with E-state index in [0.717, 1.165) is 6.07 Å². The van der Waals surface area contributed by atoms with Crippen molar-refractivity contribution in [2.24, 2.45) is 11.7 Å². The van der Waals surface area contributed by atoms with E-state index in [1.165, 1.54) is 12.1 Å². The van der Waals surface area contributed by atoms with Gasteiger partial charge in [0, 0.05) is 12.1 Å². The Balaban J connectivity index is 3.14. The molecule has 0 amide bonds. The molecule has 1 aromatic carbocycles. The molecule has 0 aliphatic carbocycles. The zero-order chi connectivity index (χ0) is 14.8. The van der Waals surface area contributed by atoms with Gasteiger partial charge in [0.05, 0.1) is 9.37 Å². The van der Waals surface area contributed by atoms with Gasteiger partial charge in [-0.25, -0.2) is 17.5 Å². The summed E-state index contributed by atoms with van der Waals surface area (Å²) in [7, 11) is -3.81.